The van der Waals surface area contributed by atoms with Gasteiger partial charge in [-0.3, -0.25) is 4.79 Å². The second-order valence-electron chi connectivity index (χ2n) is 7.97. The highest BCUT2D eigenvalue weighted by Gasteiger charge is 2.24. The van der Waals surface area contributed by atoms with Gasteiger partial charge in [0.05, 0.1) is 0 Å². The van der Waals surface area contributed by atoms with Crippen molar-refractivity contribution in [3.63, 3.8) is 0 Å². The first-order chi connectivity index (χ1) is 16.2. The summed E-state index contributed by atoms with van der Waals surface area (Å²) in [5.41, 5.74) is 4.27. The van der Waals surface area contributed by atoms with Gasteiger partial charge in [-0.2, -0.15) is 0 Å². The standard InChI is InChI=1S/C29H25N3O/c1-2-32-27(29(33)30-20-21-11-5-3-6-12-21)26(31-28(32)23-14-7-4-8-15-23)25-18-17-22-13-9-10-16-24(22)19-25/h3-19H,2,20H2,1H3,(H,30,33). The molecule has 0 fully saturated rings. The van der Waals surface area contributed by atoms with Crippen LogP contribution in [0.3, 0.4) is 0 Å². The van der Waals surface area contributed by atoms with Gasteiger partial charge in [0, 0.05) is 24.2 Å². The number of carbonyl (C=O) groups excluding carboxylic acids is 1. The monoisotopic (exact) mass is 431 g/mol. The summed E-state index contributed by atoms with van der Waals surface area (Å²) in [6, 6.07) is 34.5. The smallest absolute Gasteiger partial charge is 0.270 e. The van der Waals surface area contributed by atoms with Crippen molar-refractivity contribution in [2.24, 2.45) is 0 Å². The topological polar surface area (TPSA) is 46.9 Å². The van der Waals surface area contributed by atoms with E-state index in [0.717, 1.165) is 33.3 Å². The molecule has 0 saturated carbocycles. The Kier molecular flexibility index (Phi) is 5.73. The molecule has 5 aromatic rings. The van der Waals surface area contributed by atoms with Crippen LogP contribution < -0.4 is 5.32 Å². The molecular weight excluding hydrogens is 406 g/mol. The lowest BCUT2D eigenvalue weighted by atomic mass is 10.0. The lowest BCUT2D eigenvalue weighted by molar-refractivity contribution is 0.0942. The van der Waals surface area contributed by atoms with Crippen molar-refractivity contribution < 1.29 is 4.79 Å². The molecule has 1 N–H and O–H groups in total. The summed E-state index contributed by atoms with van der Waals surface area (Å²) < 4.78 is 2.01. The predicted octanol–water partition coefficient (Wildman–Crippen LogP) is 6.32. The summed E-state index contributed by atoms with van der Waals surface area (Å²) in [6.45, 7) is 3.15. The summed E-state index contributed by atoms with van der Waals surface area (Å²) in [5, 5.41) is 5.39. The number of hydrogen-bond acceptors (Lipinski definition) is 2. The van der Waals surface area contributed by atoms with E-state index in [1.807, 2.05) is 90.4 Å². The first-order valence-electron chi connectivity index (χ1n) is 11.2. The van der Waals surface area contributed by atoms with Crippen LogP contribution in [0.1, 0.15) is 23.0 Å². The van der Waals surface area contributed by atoms with Crippen LogP contribution in [-0.4, -0.2) is 15.5 Å². The van der Waals surface area contributed by atoms with Crippen molar-refractivity contribution in [1.82, 2.24) is 14.9 Å². The highest BCUT2D eigenvalue weighted by molar-refractivity contribution is 6.00. The van der Waals surface area contributed by atoms with Crippen LogP contribution in [0.4, 0.5) is 0 Å². The molecule has 1 amide bonds. The molecule has 0 atom stereocenters. The number of aromatic nitrogens is 2. The van der Waals surface area contributed by atoms with E-state index in [1.165, 1.54) is 0 Å². The highest BCUT2D eigenvalue weighted by Crippen LogP contribution is 2.31. The fraction of sp³-hybridized carbons (Fsp3) is 0.103. The van der Waals surface area contributed by atoms with Gasteiger partial charge in [0.2, 0.25) is 0 Å². The number of nitrogens with zero attached hydrogens (tertiary/aromatic N) is 2. The Morgan fingerprint density at radius 1 is 0.788 bits per heavy atom. The summed E-state index contributed by atoms with van der Waals surface area (Å²) in [7, 11) is 0. The fourth-order valence-electron chi connectivity index (χ4n) is 4.20. The summed E-state index contributed by atoms with van der Waals surface area (Å²) in [4.78, 5) is 18.5. The quantitative estimate of drug-likeness (QED) is 0.342. The maximum absolute atomic E-state index is 13.5. The summed E-state index contributed by atoms with van der Waals surface area (Å²) in [6.07, 6.45) is 0. The molecule has 5 rings (SSSR count). The number of carbonyl (C=O) groups is 1. The lowest BCUT2D eigenvalue weighted by Gasteiger charge is -2.12. The minimum Gasteiger partial charge on any atom is -0.347 e. The molecule has 0 aliphatic carbocycles. The van der Waals surface area contributed by atoms with Crippen molar-refractivity contribution in [3.8, 4) is 22.6 Å². The molecule has 0 saturated heterocycles. The summed E-state index contributed by atoms with van der Waals surface area (Å²) in [5.74, 6) is 0.671. The Morgan fingerprint density at radius 3 is 2.18 bits per heavy atom. The van der Waals surface area contributed by atoms with Gasteiger partial charge in [-0.1, -0.05) is 97.1 Å². The Hall–Kier alpha value is -4.18. The second kappa shape index (κ2) is 9.13. The number of hydrogen-bond donors (Lipinski definition) is 1. The molecule has 4 heteroatoms. The van der Waals surface area contributed by atoms with E-state index in [4.69, 9.17) is 4.98 Å². The SMILES string of the molecule is CCn1c(-c2ccccc2)nc(-c2ccc3ccccc3c2)c1C(=O)NCc1ccccc1. The third-order valence-electron chi connectivity index (χ3n) is 5.85. The molecule has 0 aliphatic heterocycles. The zero-order valence-electron chi connectivity index (χ0n) is 18.5. The number of imidazole rings is 1. The Balaban J connectivity index is 1.63. The molecule has 4 nitrogen and oxygen atoms in total. The van der Waals surface area contributed by atoms with Gasteiger partial charge in [0.25, 0.3) is 5.91 Å². The average Bonchev–Trinajstić information content (AvgIpc) is 3.28. The van der Waals surface area contributed by atoms with Gasteiger partial charge in [-0.25, -0.2) is 4.98 Å². The molecule has 0 radical (unpaired) electrons. The van der Waals surface area contributed by atoms with Gasteiger partial charge < -0.3 is 9.88 Å². The van der Waals surface area contributed by atoms with Crippen LogP contribution in [0.2, 0.25) is 0 Å². The molecular formula is C29H25N3O. The van der Waals surface area contributed by atoms with Gasteiger partial charge in [-0.15, -0.1) is 0 Å². The van der Waals surface area contributed by atoms with Crippen LogP contribution >= 0.6 is 0 Å². The Morgan fingerprint density at radius 2 is 1.45 bits per heavy atom. The Labute approximate surface area is 193 Å². The van der Waals surface area contributed by atoms with Gasteiger partial charge in [-0.05, 0) is 29.3 Å². The van der Waals surface area contributed by atoms with Crippen LogP contribution in [0.15, 0.2) is 103 Å². The van der Waals surface area contributed by atoms with E-state index < -0.39 is 0 Å². The van der Waals surface area contributed by atoms with Crippen LogP contribution in [0, 0.1) is 0 Å². The molecule has 162 valence electrons. The van der Waals surface area contributed by atoms with Gasteiger partial charge >= 0.3 is 0 Å². The molecule has 0 spiro atoms. The van der Waals surface area contributed by atoms with Crippen molar-refractivity contribution in [3.05, 3.63) is 114 Å². The predicted molar refractivity (Wildman–Crippen MR) is 134 cm³/mol. The largest absolute Gasteiger partial charge is 0.347 e. The molecule has 1 aromatic heterocycles. The number of rotatable bonds is 6. The number of benzene rings is 4. The minimum atomic E-state index is -0.126. The third-order valence-corrected chi connectivity index (χ3v) is 5.85. The van der Waals surface area contributed by atoms with Gasteiger partial charge in [0.15, 0.2) is 0 Å². The van der Waals surface area contributed by atoms with E-state index in [0.29, 0.717) is 24.5 Å². The molecule has 33 heavy (non-hydrogen) atoms. The molecule has 0 bridgehead atoms. The minimum absolute atomic E-state index is 0.126. The van der Waals surface area contributed by atoms with Crippen molar-refractivity contribution in [1.29, 1.82) is 0 Å². The molecule has 0 unspecified atom stereocenters. The second-order valence-corrected chi connectivity index (χ2v) is 7.97. The van der Waals surface area contributed by atoms with Crippen LogP contribution in [0.25, 0.3) is 33.4 Å². The van der Waals surface area contributed by atoms with E-state index >= 15 is 0 Å². The lowest BCUT2D eigenvalue weighted by Crippen LogP contribution is -2.26. The molecule has 1 heterocycles. The molecule has 0 aliphatic rings. The third kappa shape index (κ3) is 4.15. The maximum Gasteiger partial charge on any atom is 0.270 e. The van der Waals surface area contributed by atoms with Crippen molar-refractivity contribution >= 4 is 16.7 Å². The van der Waals surface area contributed by atoms with E-state index in [2.05, 4.69) is 29.6 Å². The molecule has 4 aromatic carbocycles. The first kappa shape index (κ1) is 20.7. The zero-order chi connectivity index (χ0) is 22.6. The number of amides is 1. The number of nitrogens with one attached hydrogen (secondary N) is 1. The van der Waals surface area contributed by atoms with Crippen LogP contribution in [0.5, 0.6) is 0 Å². The van der Waals surface area contributed by atoms with Crippen molar-refractivity contribution in [2.45, 2.75) is 20.0 Å². The highest BCUT2D eigenvalue weighted by atomic mass is 16.2. The average molecular weight is 432 g/mol. The number of fused-ring (bicyclic) bond motifs is 1. The van der Waals surface area contributed by atoms with E-state index in [9.17, 15) is 4.79 Å². The fourth-order valence-corrected chi connectivity index (χ4v) is 4.20. The first-order valence-corrected chi connectivity index (χ1v) is 11.2. The zero-order valence-corrected chi connectivity index (χ0v) is 18.5. The van der Waals surface area contributed by atoms with Crippen molar-refractivity contribution in [2.75, 3.05) is 0 Å². The van der Waals surface area contributed by atoms with Crippen LogP contribution in [-0.2, 0) is 13.1 Å². The normalized spacial score (nSPS) is 10.9. The Bertz CT molecular complexity index is 1410. The maximum atomic E-state index is 13.5. The van der Waals surface area contributed by atoms with E-state index in [-0.39, 0.29) is 5.91 Å². The summed E-state index contributed by atoms with van der Waals surface area (Å²) >= 11 is 0. The van der Waals surface area contributed by atoms with E-state index in [1.54, 1.807) is 0 Å². The van der Waals surface area contributed by atoms with Gasteiger partial charge in [0.1, 0.15) is 17.2 Å².